The first-order chi connectivity index (χ1) is 13.8. The highest BCUT2D eigenvalue weighted by molar-refractivity contribution is 7.90. The lowest BCUT2D eigenvalue weighted by Crippen LogP contribution is -2.23. The molecule has 0 aliphatic rings. The fourth-order valence-corrected chi connectivity index (χ4v) is 5.41. The monoisotopic (exact) mass is 474 g/mol. The summed E-state index contributed by atoms with van der Waals surface area (Å²) in [4.78, 5) is 12.1. The van der Waals surface area contributed by atoms with Crippen molar-refractivity contribution >= 4 is 60.7 Å². The molecule has 0 atom stereocenters. The minimum Gasteiger partial charge on any atom is -0.497 e. The maximum Gasteiger partial charge on any atom is 0.326 e. The lowest BCUT2D eigenvalue weighted by Gasteiger charge is -2.07. The van der Waals surface area contributed by atoms with Crippen LogP contribution in [-0.4, -0.2) is 32.7 Å². The van der Waals surface area contributed by atoms with Crippen LogP contribution in [0.1, 0.15) is 6.92 Å². The number of hydrogen-bond acceptors (Lipinski definition) is 6. The van der Waals surface area contributed by atoms with Crippen LogP contribution in [0.2, 0.25) is 10.0 Å². The molecule has 29 heavy (non-hydrogen) atoms. The van der Waals surface area contributed by atoms with Gasteiger partial charge in [-0.2, -0.15) is 8.42 Å². The molecule has 0 radical (unpaired) electrons. The molecular formula is C18H16Cl2N2O5S2. The molecule has 154 valence electrons. The number of nitrogens with zero attached hydrogens (tertiary/aromatic N) is 2. The molecule has 1 aromatic heterocycles. The van der Waals surface area contributed by atoms with Crippen molar-refractivity contribution in [1.29, 1.82) is 0 Å². The van der Waals surface area contributed by atoms with Crippen LogP contribution >= 0.6 is 34.5 Å². The SMILES string of the molecule is CCOC(=O)Cn1/c(=N/S(=O)(=O)c2ccc(OC)cc2)sc2c(Cl)ccc(Cl)c21. The van der Waals surface area contributed by atoms with E-state index in [1.165, 1.54) is 35.9 Å². The predicted molar refractivity (Wildman–Crippen MR) is 112 cm³/mol. The van der Waals surface area contributed by atoms with Crippen molar-refractivity contribution in [1.82, 2.24) is 4.57 Å². The van der Waals surface area contributed by atoms with Crippen molar-refractivity contribution in [2.45, 2.75) is 18.4 Å². The molecule has 11 heteroatoms. The third-order valence-corrected chi connectivity index (χ3v) is 7.12. The normalized spacial score (nSPS) is 12.3. The summed E-state index contributed by atoms with van der Waals surface area (Å²) < 4.78 is 41.5. The van der Waals surface area contributed by atoms with Crippen LogP contribution in [0, 0.1) is 0 Å². The van der Waals surface area contributed by atoms with E-state index in [1.54, 1.807) is 19.1 Å². The molecule has 0 aliphatic carbocycles. The maximum absolute atomic E-state index is 12.8. The number of hydrogen-bond donors (Lipinski definition) is 0. The number of halogens is 2. The molecule has 3 rings (SSSR count). The highest BCUT2D eigenvalue weighted by Crippen LogP contribution is 2.32. The Labute approximate surface area is 181 Å². The number of methoxy groups -OCH3 is 1. The molecule has 0 saturated heterocycles. The number of benzene rings is 2. The van der Waals surface area contributed by atoms with Gasteiger partial charge in [0.1, 0.15) is 12.3 Å². The Morgan fingerprint density at radius 2 is 1.79 bits per heavy atom. The van der Waals surface area contributed by atoms with E-state index in [1.807, 2.05) is 0 Å². The predicted octanol–water partition coefficient (Wildman–Crippen LogP) is 3.87. The van der Waals surface area contributed by atoms with Crippen LogP contribution in [0.3, 0.4) is 0 Å². The number of aromatic nitrogens is 1. The van der Waals surface area contributed by atoms with Crippen molar-refractivity contribution in [3.8, 4) is 5.75 Å². The zero-order chi connectivity index (χ0) is 21.2. The van der Waals surface area contributed by atoms with Crippen molar-refractivity contribution in [3.63, 3.8) is 0 Å². The van der Waals surface area contributed by atoms with E-state index in [-0.39, 0.29) is 22.8 Å². The van der Waals surface area contributed by atoms with E-state index in [9.17, 15) is 13.2 Å². The molecule has 0 bridgehead atoms. The van der Waals surface area contributed by atoms with Gasteiger partial charge in [-0.15, -0.1) is 4.40 Å². The Hall–Kier alpha value is -2.07. The average molecular weight is 475 g/mol. The summed E-state index contributed by atoms with van der Waals surface area (Å²) in [5.41, 5.74) is 0.418. The quantitative estimate of drug-likeness (QED) is 0.506. The van der Waals surface area contributed by atoms with E-state index in [0.717, 1.165) is 11.3 Å². The molecule has 0 fully saturated rings. The number of sulfonamides is 1. The first kappa shape index (κ1) is 21.6. The van der Waals surface area contributed by atoms with Crippen molar-refractivity contribution < 1.29 is 22.7 Å². The van der Waals surface area contributed by atoms with E-state index < -0.39 is 16.0 Å². The number of rotatable bonds is 6. The van der Waals surface area contributed by atoms with Crippen LogP contribution in [0.15, 0.2) is 45.7 Å². The molecule has 0 N–H and O–H groups in total. The molecule has 1 heterocycles. The van der Waals surface area contributed by atoms with Gasteiger partial charge in [0.25, 0.3) is 10.0 Å². The second-order valence-corrected chi connectivity index (χ2v) is 9.12. The fraction of sp³-hybridized carbons (Fsp3) is 0.222. The first-order valence-corrected chi connectivity index (χ1v) is 11.4. The summed E-state index contributed by atoms with van der Waals surface area (Å²) in [5, 5.41) is 0.684. The highest BCUT2D eigenvalue weighted by Gasteiger charge is 2.19. The smallest absolute Gasteiger partial charge is 0.326 e. The Morgan fingerprint density at radius 1 is 1.14 bits per heavy atom. The summed E-state index contributed by atoms with van der Waals surface area (Å²) in [6.45, 7) is 1.61. The van der Waals surface area contributed by atoms with Gasteiger partial charge in [-0.3, -0.25) is 4.79 Å². The minimum absolute atomic E-state index is 0.0179. The van der Waals surface area contributed by atoms with Gasteiger partial charge >= 0.3 is 5.97 Å². The summed E-state index contributed by atoms with van der Waals surface area (Å²) in [6.07, 6.45) is 0. The Balaban J connectivity index is 2.22. The van der Waals surface area contributed by atoms with Gasteiger partial charge in [0.05, 0.1) is 38.9 Å². The zero-order valence-electron chi connectivity index (χ0n) is 15.4. The molecule has 3 aromatic rings. The molecule has 2 aromatic carbocycles. The van der Waals surface area contributed by atoms with Crippen molar-refractivity contribution in [2.24, 2.45) is 4.40 Å². The summed E-state index contributed by atoms with van der Waals surface area (Å²) >= 11 is 13.6. The van der Waals surface area contributed by atoms with Crippen molar-refractivity contribution in [3.05, 3.63) is 51.2 Å². The Kier molecular flexibility index (Phi) is 6.52. The maximum atomic E-state index is 12.8. The molecule has 0 unspecified atom stereocenters. The number of fused-ring (bicyclic) bond motifs is 1. The third kappa shape index (κ3) is 4.58. The molecule has 0 saturated carbocycles. The van der Waals surface area contributed by atoms with Gasteiger partial charge in [-0.25, -0.2) is 0 Å². The van der Waals surface area contributed by atoms with Gasteiger partial charge in [0, 0.05) is 0 Å². The second kappa shape index (κ2) is 8.74. The number of carbonyl (C=O) groups is 1. The largest absolute Gasteiger partial charge is 0.497 e. The topological polar surface area (TPSA) is 87.0 Å². The van der Waals surface area contributed by atoms with E-state index in [4.69, 9.17) is 32.7 Å². The van der Waals surface area contributed by atoms with E-state index in [2.05, 4.69) is 4.40 Å². The lowest BCUT2D eigenvalue weighted by molar-refractivity contribution is -0.143. The second-order valence-electron chi connectivity index (χ2n) is 5.72. The van der Waals surface area contributed by atoms with Gasteiger partial charge in [-0.05, 0) is 43.3 Å². The van der Waals surface area contributed by atoms with Gasteiger partial charge in [0.15, 0.2) is 0 Å². The minimum atomic E-state index is -4.06. The Morgan fingerprint density at radius 3 is 2.41 bits per heavy atom. The number of ether oxygens (including phenoxy) is 2. The van der Waals surface area contributed by atoms with Crippen LogP contribution in [0.4, 0.5) is 0 Å². The standard InChI is InChI=1S/C18H16Cl2N2O5S2/c1-3-27-15(23)10-22-16-13(19)8-9-14(20)17(16)28-18(22)21-29(24,25)12-6-4-11(26-2)5-7-12/h4-9H,3,10H2,1-2H3/b21-18-. The number of carbonyl (C=O) groups excluding carboxylic acids is 1. The third-order valence-electron chi connectivity index (χ3n) is 3.88. The van der Waals surface area contributed by atoms with Crippen LogP contribution in [-0.2, 0) is 26.1 Å². The first-order valence-electron chi connectivity index (χ1n) is 8.35. The van der Waals surface area contributed by atoms with Gasteiger partial charge in [0.2, 0.25) is 4.80 Å². The molecule has 0 aliphatic heterocycles. The number of esters is 1. The number of thiazole rings is 1. The fourth-order valence-electron chi connectivity index (χ4n) is 2.57. The molecular weight excluding hydrogens is 459 g/mol. The van der Waals surface area contributed by atoms with Gasteiger partial charge in [-0.1, -0.05) is 34.5 Å². The summed E-state index contributed by atoms with van der Waals surface area (Å²) in [5.74, 6) is -0.0340. The van der Waals surface area contributed by atoms with Gasteiger partial charge < -0.3 is 14.0 Å². The van der Waals surface area contributed by atoms with E-state index in [0.29, 0.717) is 26.0 Å². The average Bonchev–Trinajstić information content (AvgIpc) is 3.03. The zero-order valence-corrected chi connectivity index (χ0v) is 18.5. The van der Waals surface area contributed by atoms with E-state index >= 15 is 0 Å². The molecule has 7 nitrogen and oxygen atoms in total. The Bertz CT molecular complexity index is 1230. The summed E-state index contributed by atoms with van der Waals surface area (Å²) in [7, 11) is -2.58. The van der Waals surface area contributed by atoms with Crippen LogP contribution < -0.4 is 9.54 Å². The van der Waals surface area contributed by atoms with Crippen molar-refractivity contribution in [2.75, 3.05) is 13.7 Å². The summed E-state index contributed by atoms with van der Waals surface area (Å²) in [6, 6.07) is 8.99. The van der Waals surface area contributed by atoms with Crippen LogP contribution in [0.25, 0.3) is 10.2 Å². The van der Waals surface area contributed by atoms with Crippen LogP contribution in [0.5, 0.6) is 5.75 Å². The highest BCUT2D eigenvalue weighted by atomic mass is 35.5. The molecule has 0 spiro atoms. The molecule has 0 amide bonds. The lowest BCUT2D eigenvalue weighted by atomic mass is 10.3.